The molecule has 30 heavy (non-hydrogen) atoms. The zero-order valence-corrected chi connectivity index (χ0v) is 17.5. The van der Waals surface area contributed by atoms with E-state index in [1.54, 1.807) is 6.07 Å². The van der Waals surface area contributed by atoms with Gasteiger partial charge >= 0.3 is 0 Å². The molecule has 0 aliphatic carbocycles. The molecule has 8 heteroatoms. The summed E-state index contributed by atoms with van der Waals surface area (Å²) >= 11 is 0. The summed E-state index contributed by atoms with van der Waals surface area (Å²) in [4.78, 5) is 31.1. The third kappa shape index (κ3) is 4.64. The van der Waals surface area contributed by atoms with Crippen LogP contribution >= 0.6 is 0 Å². The lowest BCUT2D eigenvalue weighted by Gasteiger charge is -2.34. The molecule has 2 aromatic rings. The van der Waals surface area contributed by atoms with Crippen molar-refractivity contribution in [2.45, 2.75) is 19.8 Å². The number of carbonyl (C=O) groups is 2. The average Bonchev–Trinajstić information content (AvgIpc) is 3.47. The first-order chi connectivity index (χ1) is 14.6. The fourth-order valence-electron chi connectivity index (χ4n) is 4.00. The summed E-state index contributed by atoms with van der Waals surface area (Å²) in [5.41, 5.74) is 2.15. The van der Waals surface area contributed by atoms with E-state index >= 15 is 0 Å². The molecular formula is C22H29N5O3. The van der Waals surface area contributed by atoms with E-state index in [4.69, 9.17) is 4.74 Å². The number of carbonyl (C=O) groups excluding carboxylic acids is 2. The lowest BCUT2D eigenvalue weighted by molar-refractivity contribution is -0.131. The maximum absolute atomic E-state index is 12.9. The predicted molar refractivity (Wildman–Crippen MR) is 113 cm³/mol. The number of likely N-dealkylation sites (tertiary alicyclic amines) is 1. The van der Waals surface area contributed by atoms with Crippen molar-refractivity contribution in [3.05, 3.63) is 36.0 Å². The van der Waals surface area contributed by atoms with Gasteiger partial charge in [-0.3, -0.25) is 19.6 Å². The number of ether oxygens (including phenoxy) is 1. The number of hydrogen-bond acceptors (Lipinski definition) is 5. The van der Waals surface area contributed by atoms with Gasteiger partial charge in [0.15, 0.2) is 0 Å². The number of rotatable bonds is 6. The van der Waals surface area contributed by atoms with Crippen molar-refractivity contribution in [2.75, 3.05) is 52.4 Å². The summed E-state index contributed by atoms with van der Waals surface area (Å²) in [5, 5.41) is 7.18. The quantitative estimate of drug-likeness (QED) is 0.785. The van der Waals surface area contributed by atoms with E-state index in [1.165, 1.54) is 0 Å². The molecule has 2 aliphatic rings. The molecule has 0 radical (unpaired) electrons. The molecule has 2 fully saturated rings. The van der Waals surface area contributed by atoms with Gasteiger partial charge in [-0.1, -0.05) is 0 Å². The van der Waals surface area contributed by atoms with Crippen molar-refractivity contribution in [3.63, 3.8) is 0 Å². The topological polar surface area (TPSA) is 81.8 Å². The summed E-state index contributed by atoms with van der Waals surface area (Å²) in [5.74, 6) is 0.972. The number of aromatic amines is 1. The van der Waals surface area contributed by atoms with Crippen LogP contribution in [0.15, 0.2) is 30.3 Å². The smallest absolute Gasteiger partial charge is 0.271 e. The fraction of sp³-hybridized carbons (Fsp3) is 0.500. The zero-order valence-electron chi connectivity index (χ0n) is 17.5. The van der Waals surface area contributed by atoms with E-state index in [9.17, 15) is 9.59 Å². The number of amides is 2. The third-order valence-corrected chi connectivity index (χ3v) is 5.75. The molecule has 160 valence electrons. The van der Waals surface area contributed by atoms with E-state index in [2.05, 4.69) is 15.1 Å². The van der Waals surface area contributed by atoms with Gasteiger partial charge in [0.25, 0.3) is 5.91 Å². The van der Waals surface area contributed by atoms with Crippen LogP contribution < -0.4 is 4.74 Å². The highest BCUT2D eigenvalue weighted by molar-refractivity contribution is 5.93. The van der Waals surface area contributed by atoms with Crippen molar-refractivity contribution < 1.29 is 14.3 Å². The Morgan fingerprint density at radius 3 is 2.37 bits per heavy atom. The van der Waals surface area contributed by atoms with Crippen LogP contribution in [0, 0.1) is 0 Å². The number of piperazine rings is 1. The molecule has 1 aromatic carbocycles. The van der Waals surface area contributed by atoms with Crippen molar-refractivity contribution in [1.82, 2.24) is 24.9 Å². The first-order valence-corrected chi connectivity index (χ1v) is 10.7. The number of nitrogens with zero attached hydrogens (tertiary/aromatic N) is 4. The number of benzene rings is 1. The molecule has 0 bridgehead atoms. The molecule has 1 aromatic heterocycles. The summed E-state index contributed by atoms with van der Waals surface area (Å²) in [6, 6.07) is 9.47. The molecule has 2 aliphatic heterocycles. The molecule has 8 nitrogen and oxygen atoms in total. The lowest BCUT2D eigenvalue weighted by Crippen LogP contribution is -2.51. The van der Waals surface area contributed by atoms with Crippen molar-refractivity contribution in [1.29, 1.82) is 0 Å². The van der Waals surface area contributed by atoms with E-state index in [0.717, 1.165) is 42.9 Å². The first-order valence-electron chi connectivity index (χ1n) is 10.7. The molecule has 0 unspecified atom stereocenters. The Morgan fingerprint density at radius 1 is 1.00 bits per heavy atom. The van der Waals surface area contributed by atoms with E-state index in [0.29, 0.717) is 45.0 Å². The minimum absolute atomic E-state index is 0.0507. The largest absolute Gasteiger partial charge is 0.494 e. The van der Waals surface area contributed by atoms with Crippen molar-refractivity contribution in [2.24, 2.45) is 0 Å². The lowest BCUT2D eigenvalue weighted by atomic mass is 10.1. The molecular weight excluding hydrogens is 382 g/mol. The van der Waals surface area contributed by atoms with Gasteiger partial charge in [0.1, 0.15) is 11.4 Å². The van der Waals surface area contributed by atoms with Gasteiger partial charge in [-0.2, -0.15) is 5.10 Å². The van der Waals surface area contributed by atoms with Crippen LogP contribution in [0.25, 0.3) is 11.3 Å². The Morgan fingerprint density at radius 2 is 1.70 bits per heavy atom. The Kier molecular flexibility index (Phi) is 6.32. The number of H-pyrrole nitrogens is 1. The van der Waals surface area contributed by atoms with E-state index in [1.807, 2.05) is 41.0 Å². The molecule has 0 spiro atoms. The second kappa shape index (κ2) is 9.30. The highest BCUT2D eigenvalue weighted by atomic mass is 16.5. The van der Waals surface area contributed by atoms with Crippen molar-refractivity contribution in [3.8, 4) is 17.0 Å². The average molecular weight is 412 g/mol. The fourth-order valence-corrected chi connectivity index (χ4v) is 4.00. The SMILES string of the molecule is CCOc1ccc(-c2cc(C(=O)N3CCN(CC(=O)N4CCCC4)CC3)[nH]n2)cc1. The van der Waals surface area contributed by atoms with Gasteiger partial charge in [-0.05, 0) is 50.1 Å². The molecule has 0 atom stereocenters. The first kappa shape index (κ1) is 20.4. The number of hydrogen-bond donors (Lipinski definition) is 1. The van der Waals surface area contributed by atoms with Crippen LogP contribution in [0.2, 0.25) is 0 Å². The molecule has 2 amide bonds. The highest BCUT2D eigenvalue weighted by Gasteiger charge is 2.26. The minimum atomic E-state index is -0.0507. The van der Waals surface area contributed by atoms with Gasteiger partial charge in [0, 0.05) is 44.8 Å². The Bertz CT molecular complexity index is 865. The number of nitrogens with one attached hydrogen (secondary N) is 1. The monoisotopic (exact) mass is 411 g/mol. The minimum Gasteiger partial charge on any atom is -0.494 e. The molecule has 1 N–H and O–H groups in total. The highest BCUT2D eigenvalue weighted by Crippen LogP contribution is 2.22. The maximum Gasteiger partial charge on any atom is 0.271 e. The maximum atomic E-state index is 12.9. The molecule has 4 rings (SSSR count). The zero-order chi connectivity index (χ0) is 20.9. The molecule has 2 saturated heterocycles. The van der Waals surface area contributed by atoms with Crippen LogP contribution in [-0.2, 0) is 4.79 Å². The van der Waals surface area contributed by atoms with Crippen molar-refractivity contribution >= 4 is 11.8 Å². The van der Waals surface area contributed by atoms with Gasteiger partial charge in [0.2, 0.25) is 5.91 Å². The second-order valence-corrected chi connectivity index (χ2v) is 7.78. The van der Waals surface area contributed by atoms with E-state index in [-0.39, 0.29) is 11.8 Å². The second-order valence-electron chi connectivity index (χ2n) is 7.78. The Labute approximate surface area is 176 Å². The molecule has 0 saturated carbocycles. The number of aromatic nitrogens is 2. The summed E-state index contributed by atoms with van der Waals surface area (Å²) in [6.45, 7) is 7.45. The summed E-state index contributed by atoms with van der Waals surface area (Å²) in [7, 11) is 0. The van der Waals surface area contributed by atoms with Crippen LogP contribution in [0.3, 0.4) is 0 Å². The summed E-state index contributed by atoms with van der Waals surface area (Å²) < 4.78 is 5.46. The van der Waals surface area contributed by atoms with E-state index < -0.39 is 0 Å². The van der Waals surface area contributed by atoms with Crippen LogP contribution in [0.5, 0.6) is 5.75 Å². The van der Waals surface area contributed by atoms with Gasteiger partial charge in [0.05, 0.1) is 18.8 Å². The Hall–Kier alpha value is -2.87. The van der Waals surface area contributed by atoms with Crippen LogP contribution in [0.1, 0.15) is 30.3 Å². The van der Waals surface area contributed by atoms with Gasteiger partial charge in [-0.25, -0.2) is 0 Å². The standard InChI is InChI=1S/C22H29N5O3/c1-2-30-18-7-5-17(6-8-18)19-15-20(24-23-19)22(29)27-13-11-25(12-14-27)16-21(28)26-9-3-4-10-26/h5-8,15H,2-4,9-14,16H2,1H3,(H,23,24). The summed E-state index contributed by atoms with van der Waals surface area (Å²) in [6.07, 6.45) is 2.22. The Balaban J connectivity index is 1.30. The normalized spacial score (nSPS) is 17.4. The predicted octanol–water partition coefficient (Wildman–Crippen LogP) is 1.86. The van der Waals surface area contributed by atoms with Crippen LogP contribution in [-0.4, -0.2) is 89.1 Å². The molecule has 3 heterocycles. The van der Waals surface area contributed by atoms with Gasteiger partial charge < -0.3 is 14.5 Å². The third-order valence-electron chi connectivity index (χ3n) is 5.75. The van der Waals surface area contributed by atoms with Gasteiger partial charge in [-0.15, -0.1) is 0 Å². The van der Waals surface area contributed by atoms with Crippen LogP contribution in [0.4, 0.5) is 0 Å².